The van der Waals surface area contributed by atoms with Crippen LogP contribution < -0.4 is 5.32 Å². The average molecular weight is 351 g/mol. The Kier molecular flexibility index (Phi) is 8.07. The van der Waals surface area contributed by atoms with Gasteiger partial charge >= 0.3 is 0 Å². The summed E-state index contributed by atoms with van der Waals surface area (Å²) >= 11 is 0. The van der Waals surface area contributed by atoms with Crippen molar-refractivity contribution in [2.45, 2.75) is 44.9 Å². The molecule has 0 radical (unpaired) electrons. The summed E-state index contributed by atoms with van der Waals surface area (Å²) < 4.78 is 0. The van der Waals surface area contributed by atoms with E-state index in [-0.39, 0.29) is 12.4 Å². The molecule has 0 saturated carbocycles. The highest BCUT2D eigenvalue weighted by atomic mass is 35.5. The van der Waals surface area contributed by atoms with E-state index in [0.717, 1.165) is 57.8 Å². The van der Waals surface area contributed by atoms with Crippen LogP contribution in [0, 0.1) is 11.8 Å². The molecular formula is C20H31ClN2O. The number of nitrogens with zero attached hydrogens (tertiary/aromatic N) is 1. The Bertz CT molecular complexity index is 488. The molecule has 0 bridgehead atoms. The van der Waals surface area contributed by atoms with E-state index in [1.54, 1.807) is 0 Å². The summed E-state index contributed by atoms with van der Waals surface area (Å²) in [4.78, 5) is 14.7. The Morgan fingerprint density at radius 3 is 2.58 bits per heavy atom. The fourth-order valence-electron chi connectivity index (χ4n) is 4.06. The van der Waals surface area contributed by atoms with Crippen molar-refractivity contribution in [3.05, 3.63) is 35.9 Å². The molecule has 1 amide bonds. The number of piperidine rings is 2. The van der Waals surface area contributed by atoms with Crippen LogP contribution in [0.1, 0.15) is 44.1 Å². The van der Waals surface area contributed by atoms with E-state index in [2.05, 4.69) is 40.5 Å². The van der Waals surface area contributed by atoms with Crippen LogP contribution in [0.3, 0.4) is 0 Å². The van der Waals surface area contributed by atoms with E-state index in [4.69, 9.17) is 0 Å². The minimum Gasteiger partial charge on any atom is -0.342 e. The molecule has 2 aliphatic rings. The highest BCUT2D eigenvalue weighted by Gasteiger charge is 2.24. The van der Waals surface area contributed by atoms with E-state index < -0.39 is 0 Å². The second-order valence-electron chi connectivity index (χ2n) is 7.27. The molecule has 2 saturated heterocycles. The molecule has 1 aromatic carbocycles. The van der Waals surface area contributed by atoms with E-state index >= 15 is 0 Å². The second kappa shape index (κ2) is 10.0. The maximum Gasteiger partial charge on any atom is 0.222 e. The zero-order valence-corrected chi connectivity index (χ0v) is 15.4. The predicted octanol–water partition coefficient (Wildman–Crippen LogP) is 3.67. The number of rotatable bonds is 5. The zero-order chi connectivity index (χ0) is 15.9. The Morgan fingerprint density at radius 1 is 1.08 bits per heavy atom. The third-order valence-electron chi connectivity index (χ3n) is 5.46. The van der Waals surface area contributed by atoms with Gasteiger partial charge in [0.15, 0.2) is 0 Å². The first-order valence-electron chi connectivity index (χ1n) is 9.33. The first kappa shape index (κ1) is 19.3. The lowest BCUT2D eigenvalue weighted by Crippen LogP contribution is -2.40. The molecule has 134 valence electrons. The first-order valence-corrected chi connectivity index (χ1v) is 9.33. The largest absolute Gasteiger partial charge is 0.342 e. The number of hydrogen-bond acceptors (Lipinski definition) is 2. The van der Waals surface area contributed by atoms with Gasteiger partial charge in [-0.1, -0.05) is 30.3 Å². The molecule has 1 unspecified atom stereocenters. The highest BCUT2D eigenvalue weighted by molar-refractivity contribution is 5.85. The topological polar surface area (TPSA) is 32.3 Å². The fraction of sp³-hybridized carbons (Fsp3) is 0.650. The van der Waals surface area contributed by atoms with Crippen molar-refractivity contribution >= 4 is 18.3 Å². The van der Waals surface area contributed by atoms with Gasteiger partial charge in [0.25, 0.3) is 0 Å². The Labute approximate surface area is 152 Å². The molecule has 4 heteroatoms. The summed E-state index contributed by atoms with van der Waals surface area (Å²) in [7, 11) is 0. The van der Waals surface area contributed by atoms with Crippen molar-refractivity contribution in [1.82, 2.24) is 10.2 Å². The minimum atomic E-state index is 0. The minimum absolute atomic E-state index is 0. The smallest absolute Gasteiger partial charge is 0.222 e. The van der Waals surface area contributed by atoms with Crippen LogP contribution in [-0.2, 0) is 11.2 Å². The molecule has 1 atom stereocenters. The van der Waals surface area contributed by atoms with Crippen LogP contribution in [0.4, 0.5) is 0 Å². The van der Waals surface area contributed by atoms with Crippen molar-refractivity contribution in [1.29, 1.82) is 0 Å². The fourth-order valence-corrected chi connectivity index (χ4v) is 4.06. The van der Waals surface area contributed by atoms with Crippen molar-refractivity contribution < 1.29 is 4.79 Å². The van der Waals surface area contributed by atoms with E-state index in [0.29, 0.717) is 11.8 Å². The maximum absolute atomic E-state index is 12.5. The maximum atomic E-state index is 12.5. The van der Waals surface area contributed by atoms with Gasteiger partial charge in [0, 0.05) is 19.5 Å². The van der Waals surface area contributed by atoms with Gasteiger partial charge in [0.1, 0.15) is 0 Å². The summed E-state index contributed by atoms with van der Waals surface area (Å²) in [5.41, 5.74) is 1.40. The van der Waals surface area contributed by atoms with Gasteiger partial charge in [-0.3, -0.25) is 4.79 Å². The Hall–Kier alpha value is -1.06. The molecule has 2 heterocycles. The number of amides is 1. The first-order chi connectivity index (χ1) is 11.3. The number of halogens is 1. The van der Waals surface area contributed by atoms with Crippen LogP contribution in [0.5, 0.6) is 0 Å². The quantitative estimate of drug-likeness (QED) is 0.878. The third kappa shape index (κ3) is 5.78. The Morgan fingerprint density at radius 2 is 1.83 bits per heavy atom. The van der Waals surface area contributed by atoms with Gasteiger partial charge < -0.3 is 10.2 Å². The molecule has 0 spiro atoms. The van der Waals surface area contributed by atoms with Gasteiger partial charge in [-0.25, -0.2) is 0 Å². The van der Waals surface area contributed by atoms with E-state index in [9.17, 15) is 4.79 Å². The average Bonchev–Trinajstić information content (AvgIpc) is 2.62. The van der Waals surface area contributed by atoms with Gasteiger partial charge in [-0.15, -0.1) is 12.4 Å². The molecule has 0 aromatic heterocycles. The number of carbonyl (C=O) groups is 1. The lowest BCUT2D eigenvalue weighted by atomic mass is 9.90. The molecular weight excluding hydrogens is 320 g/mol. The third-order valence-corrected chi connectivity index (χ3v) is 5.46. The molecule has 0 aliphatic carbocycles. The number of likely N-dealkylation sites (tertiary alicyclic amines) is 1. The standard InChI is InChI=1S/C20H30N2O.ClH/c23-20(9-8-17-10-12-21-13-11-17)22-14-4-7-19(16-22)15-18-5-2-1-3-6-18;/h1-3,5-6,17,19,21H,4,7-16H2;1H. The number of nitrogens with one attached hydrogen (secondary N) is 1. The summed E-state index contributed by atoms with van der Waals surface area (Å²) in [5.74, 6) is 1.78. The van der Waals surface area contributed by atoms with Crippen molar-refractivity contribution in [2.75, 3.05) is 26.2 Å². The SMILES string of the molecule is Cl.O=C(CCC1CCNCC1)N1CCCC(Cc2ccccc2)C1. The summed E-state index contributed by atoms with van der Waals surface area (Å²) in [6.07, 6.45) is 7.85. The van der Waals surface area contributed by atoms with Crippen molar-refractivity contribution in [2.24, 2.45) is 11.8 Å². The highest BCUT2D eigenvalue weighted by Crippen LogP contribution is 2.23. The number of hydrogen-bond donors (Lipinski definition) is 1. The summed E-state index contributed by atoms with van der Waals surface area (Å²) in [6.45, 7) is 4.18. The second-order valence-corrected chi connectivity index (χ2v) is 7.27. The summed E-state index contributed by atoms with van der Waals surface area (Å²) in [6, 6.07) is 10.7. The van der Waals surface area contributed by atoms with E-state index in [1.807, 2.05) is 0 Å². The zero-order valence-electron chi connectivity index (χ0n) is 14.6. The van der Waals surface area contributed by atoms with Crippen LogP contribution in [-0.4, -0.2) is 37.0 Å². The molecule has 2 fully saturated rings. The molecule has 3 rings (SSSR count). The molecule has 24 heavy (non-hydrogen) atoms. The lowest BCUT2D eigenvalue weighted by Gasteiger charge is -2.33. The van der Waals surface area contributed by atoms with Crippen LogP contribution in [0.15, 0.2) is 30.3 Å². The summed E-state index contributed by atoms with van der Waals surface area (Å²) in [5, 5.41) is 3.40. The number of benzene rings is 1. The van der Waals surface area contributed by atoms with Gasteiger partial charge in [-0.2, -0.15) is 0 Å². The van der Waals surface area contributed by atoms with Crippen molar-refractivity contribution in [3.63, 3.8) is 0 Å². The van der Waals surface area contributed by atoms with E-state index in [1.165, 1.54) is 24.8 Å². The Balaban J connectivity index is 0.00000208. The number of carbonyl (C=O) groups excluding carboxylic acids is 1. The molecule has 2 aliphatic heterocycles. The van der Waals surface area contributed by atoms with Crippen LogP contribution >= 0.6 is 12.4 Å². The lowest BCUT2D eigenvalue weighted by molar-refractivity contribution is -0.133. The monoisotopic (exact) mass is 350 g/mol. The predicted molar refractivity (Wildman–Crippen MR) is 102 cm³/mol. The molecule has 3 nitrogen and oxygen atoms in total. The van der Waals surface area contributed by atoms with Gasteiger partial charge in [0.05, 0.1) is 0 Å². The normalized spacial score (nSPS) is 22.0. The molecule has 1 N–H and O–H groups in total. The van der Waals surface area contributed by atoms with Gasteiger partial charge in [-0.05, 0) is 69.0 Å². The van der Waals surface area contributed by atoms with Crippen LogP contribution in [0.2, 0.25) is 0 Å². The molecule has 1 aromatic rings. The van der Waals surface area contributed by atoms with Crippen molar-refractivity contribution in [3.8, 4) is 0 Å². The van der Waals surface area contributed by atoms with Gasteiger partial charge in [0.2, 0.25) is 5.91 Å². The van der Waals surface area contributed by atoms with Crippen LogP contribution in [0.25, 0.3) is 0 Å².